The zero-order valence-corrected chi connectivity index (χ0v) is 14.0. The molecule has 4 atom stereocenters. The second kappa shape index (κ2) is 5.86. The van der Waals surface area contributed by atoms with Crippen molar-refractivity contribution in [3.63, 3.8) is 0 Å². The minimum atomic E-state index is -1.41. The first kappa shape index (κ1) is 16.9. The van der Waals surface area contributed by atoms with Crippen molar-refractivity contribution in [3.8, 4) is 0 Å². The summed E-state index contributed by atoms with van der Waals surface area (Å²) < 4.78 is 10.4. The largest absolute Gasteiger partial charge is 0.465 e. The number of carbonyl (C=O) groups excluding carboxylic acids is 2. The SMILES string of the molecule is CCOC(=O)C1(C(=O)OCC)C[C@@H]2C=CC[C@@]3([N+](=O)[O-])CC[C@@H]1[C@@H]23. The van der Waals surface area contributed by atoms with Gasteiger partial charge in [-0.25, -0.2) is 0 Å². The third kappa shape index (κ3) is 2.03. The van der Waals surface area contributed by atoms with E-state index in [4.69, 9.17) is 9.47 Å². The average Bonchev–Trinajstić information content (AvgIpc) is 3.10. The summed E-state index contributed by atoms with van der Waals surface area (Å²) in [5.74, 6) is -2.04. The van der Waals surface area contributed by atoms with Gasteiger partial charge in [-0.1, -0.05) is 12.2 Å². The summed E-state index contributed by atoms with van der Waals surface area (Å²) in [7, 11) is 0. The fraction of sp³-hybridized carbons (Fsp3) is 0.765. The third-order valence-corrected chi connectivity index (χ3v) is 6.09. The van der Waals surface area contributed by atoms with Crippen LogP contribution in [0.25, 0.3) is 0 Å². The molecule has 3 aliphatic rings. The summed E-state index contributed by atoms with van der Waals surface area (Å²) >= 11 is 0. The number of hydrogen-bond donors (Lipinski definition) is 0. The highest BCUT2D eigenvalue weighted by Gasteiger charge is 2.74. The molecule has 0 aromatic carbocycles. The monoisotopic (exact) mass is 337 g/mol. The molecule has 132 valence electrons. The van der Waals surface area contributed by atoms with Gasteiger partial charge in [-0.15, -0.1) is 0 Å². The second-order valence-electron chi connectivity index (χ2n) is 6.94. The van der Waals surface area contributed by atoms with Gasteiger partial charge in [0, 0.05) is 23.7 Å². The number of hydrogen-bond acceptors (Lipinski definition) is 6. The predicted octanol–water partition coefficient (Wildman–Crippen LogP) is 2.12. The Labute approximate surface area is 140 Å². The summed E-state index contributed by atoms with van der Waals surface area (Å²) in [6, 6.07) is 0. The maximum absolute atomic E-state index is 12.8. The van der Waals surface area contributed by atoms with Gasteiger partial charge in [-0.2, -0.15) is 0 Å². The normalized spacial score (nSPS) is 35.3. The Kier molecular flexibility index (Phi) is 4.13. The molecule has 0 saturated heterocycles. The number of esters is 2. The van der Waals surface area contributed by atoms with Crippen LogP contribution in [0.15, 0.2) is 12.2 Å². The van der Waals surface area contributed by atoms with E-state index < -0.39 is 28.8 Å². The topological polar surface area (TPSA) is 95.7 Å². The Morgan fingerprint density at radius 3 is 2.42 bits per heavy atom. The van der Waals surface area contributed by atoms with Crippen LogP contribution in [0.4, 0.5) is 0 Å². The molecule has 0 unspecified atom stereocenters. The Morgan fingerprint density at radius 1 is 1.25 bits per heavy atom. The second-order valence-corrected chi connectivity index (χ2v) is 6.94. The van der Waals surface area contributed by atoms with Crippen molar-refractivity contribution in [3.05, 3.63) is 22.3 Å². The molecular weight excluding hydrogens is 314 g/mol. The zero-order valence-electron chi connectivity index (χ0n) is 14.0. The smallest absolute Gasteiger partial charge is 0.323 e. The Balaban J connectivity index is 2.07. The lowest BCUT2D eigenvalue weighted by Gasteiger charge is -2.32. The molecule has 0 heterocycles. The van der Waals surface area contributed by atoms with Crippen molar-refractivity contribution in [1.82, 2.24) is 0 Å². The first-order valence-corrected chi connectivity index (χ1v) is 8.59. The van der Waals surface area contributed by atoms with Crippen LogP contribution >= 0.6 is 0 Å². The van der Waals surface area contributed by atoms with Crippen molar-refractivity contribution in [2.75, 3.05) is 13.2 Å². The molecule has 0 aromatic rings. The van der Waals surface area contributed by atoms with E-state index in [0.717, 1.165) is 0 Å². The molecule has 0 amide bonds. The van der Waals surface area contributed by atoms with E-state index in [9.17, 15) is 19.7 Å². The van der Waals surface area contributed by atoms with Gasteiger partial charge in [0.15, 0.2) is 5.41 Å². The minimum absolute atomic E-state index is 0.162. The Morgan fingerprint density at radius 2 is 1.88 bits per heavy atom. The van der Waals surface area contributed by atoms with Crippen LogP contribution < -0.4 is 0 Å². The molecule has 24 heavy (non-hydrogen) atoms. The van der Waals surface area contributed by atoms with Crippen LogP contribution in [-0.2, 0) is 19.1 Å². The van der Waals surface area contributed by atoms with E-state index in [1.807, 2.05) is 12.2 Å². The fourth-order valence-corrected chi connectivity index (χ4v) is 5.26. The summed E-state index contributed by atoms with van der Waals surface area (Å²) in [4.78, 5) is 37.2. The molecular formula is C17H23NO6. The maximum Gasteiger partial charge on any atom is 0.323 e. The van der Waals surface area contributed by atoms with Gasteiger partial charge in [-0.05, 0) is 38.5 Å². The summed E-state index contributed by atoms with van der Waals surface area (Å²) in [6.07, 6.45) is 5.23. The fourth-order valence-electron chi connectivity index (χ4n) is 5.26. The van der Waals surface area contributed by atoms with Gasteiger partial charge < -0.3 is 9.47 Å². The molecule has 0 bridgehead atoms. The van der Waals surface area contributed by atoms with Crippen LogP contribution in [0, 0.1) is 33.3 Å². The van der Waals surface area contributed by atoms with Crippen LogP contribution in [-0.4, -0.2) is 35.6 Å². The molecule has 2 saturated carbocycles. The van der Waals surface area contributed by atoms with Crippen molar-refractivity contribution in [2.45, 2.75) is 45.1 Å². The quantitative estimate of drug-likeness (QED) is 0.251. The lowest BCUT2D eigenvalue weighted by atomic mass is 9.72. The van der Waals surface area contributed by atoms with E-state index in [0.29, 0.717) is 19.3 Å². The molecule has 0 aromatic heterocycles. The van der Waals surface area contributed by atoms with Crippen molar-refractivity contribution < 1.29 is 24.0 Å². The summed E-state index contributed by atoms with van der Waals surface area (Å²) in [6.45, 7) is 3.71. The predicted molar refractivity (Wildman–Crippen MR) is 83.5 cm³/mol. The van der Waals surface area contributed by atoms with Crippen molar-refractivity contribution >= 4 is 11.9 Å². The first-order chi connectivity index (χ1) is 11.4. The zero-order chi connectivity index (χ0) is 17.5. The van der Waals surface area contributed by atoms with Crippen LogP contribution in [0.5, 0.6) is 0 Å². The number of ether oxygens (including phenoxy) is 2. The summed E-state index contributed by atoms with van der Waals surface area (Å²) in [5.41, 5.74) is -2.47. The van der Waals surface area contributed by atoms with Crippen LogP contribution in [0.3, 0.4) is 0 Å². The highest BCUT2D eigenvalue weighted by molar-refractivity contribution is 6.01. The number of rotatable bonds is 5. The van der Waals surface area contributed by atoms with Crippen molar-refractivity contribution in [1.29, 1.82) is 0 Å². The van der Waals surface area contributed by atoms with Gasteiger partial charge in [0.25, 0.3) is 0 Å². The van der Waals surface area contributed by atoms with E-state index in [-0.39, 0.29) is 36.4 Å². The molecule has 7 heteroatoms. The molecule has 3 rings (SSSR count). The number of carbonyl (C=O) groups is 2. The number of nitro groups is 1. The summed E-state index contributed by atoms with van der Waals surface area (Å²) in [5, 5.41) is 11.8. The van der Waals surface area contributed by atoms with Gasteiger partial charge in [-0.3, -0.25) is 19.7 Å². The van der Waals surface area contributed by atoms with E-state index in [1.54, 1.807) is 13.8 Å². The van der Waals surface area contributed by atoms with Gasteiger partial charge in [0.05, 0.1) is 13.2 Å². The maximum atomic E-state index is 12.8. The number of allylic oxidation sites excluding steroid dienone is 1. The van der Waals surface area contributed by atoms with Crippen LogP contribution in [0.1, 0.15) is 39.5 Å². The minimum Gasteiger partial charge on any atom is -0.465 e. The molecule has 7 nitrogen and oxygen atoms in total. The van der Waals surface area contributed by atoms with Gasteiger partial charge in [0.2, 0.25) is 5.54 Å². The van der Waals surface area contributed by atoms with E-state index in [1.165, 1.54) is 0 Å². The molecule has 0 N–H and O–H groups in total. The lowest BCUT2D eigenvalue weighted by Crippen LogP contribution is -2.48. The highest BCUT2D eigenvalue weighted by Crippen LogP contribution is 2.65. The van der Waals surface area contributed by atoms with Crippen LogP contribution in [0.2, 0.25) is 0 Å². The Hall–Kier alpha value is -1.92. The Bertz CT molecular complexity index is 582. The third-order valence-electron chi connectivity index (χ3n) is 6.09. The average molecular weight is 337 g/mol. The van der Waals surface area contributed by atoms with Gasteiger partial charge >= 0.3 is 11.9 Å². The lowest BCUT2D eigenvalue weighted by molar-refractivity contribution is -0.579. The molecule has 3 aliphatic carbocycles. The first-order valence-electron chi connectivity index (χ1n) is 8.59. The van der Waals surface area contributed by atoms with Crippen molar-refractivity contribution in [2.24, 2.45) is 23.2 Å². The number of nitrogens with zero attached hydrogens (tertiary/aromatic N) is 1. The van der Waals surface area contributed by atoms with E-state index in [2.05, 4.69) is 0 Å². The standard InChI is InChI=1S/C17H23NO6/c1-3-23-14(19)17(15(20)24-4-2)10-11-6-5-8-16(18(21)22)9-7-12(17)13(11)16/h5-6,11-13H,3-4,7-10H2,1-2H3/t11-,12+,13+,16+/m0/s1. The van der Waals surface area contributed by atoms with Gasteiger partial charge in [0.1, 0.15) is 0 Å². The molecule has 0 radical (unpaired) electrons. The molecule has 0 spiro atoms. The van der Waals surface area contributed by atoms with E-state index >= 15 is 0 Å². The molecule has 0 aliphatic heterocycles. The molecule has 2 fully saturated rings. The highest BCUT2D eigenvalue weighted by atomic mass is 16.6.